The second-order valence-electron chi connectivity index (χ2n) is 4.65. The summed E-state index contributed by atoms with van der Waals surface area (Å²) in [7, 11) is 0. The number of nitrogen functional groups attached to an aromatic ring is 1. The number of H-pyrrole nitrogens is 1. The van der Waals surface area contributed by atoms with Crippen molar-refractivity contribution in [3.8, 4) is 0 Å². The topological polar surface area (TPSA) is 83.8 Å². The fraction of sp³-hybridized carbons (Fsp3) is 0.286. The maximum absolute atomic E-state index is 12.0. The van der Waals surface area contributed by atoms with E-state index in [9.17, 15) is 4.79 Å². The van der Waals surface area contributed by atoms with E-state index in [1.54, 1.807) is 18.2 Å². The van der Waals surface area contributed by atoms with E-state index in [1.165, 1.54) is 5.56 Å². The van der Waals surface area contributed by atoms with Crippen molar-refractivity contribution in [2.24, 2.45) is 0 Å². The zero-order valence-electron chi connectivity index (χ0n) is 11.2. The highest BCUT2D eigenvalue weighted by molar-refractivity contribution is 9.10. The van der Waals surface area contributed by atoms with E-state index in [0.717, 1.165) is 23.0 Å². The lowest BCUT2D eigenvalue weighted by Crippen LogP contribution is -2.24. The summed E-state index contributed by atoms with van der Waals surface area (Å²) in [4.78, 5) is 12.0. The number of aromatic nitrogens is 2. The molecular formula is C14H17BrN4O. The van der Waals surface area contributed by atoms with Gasteiger partial charge in [0.2, 0.25) is 0 Å². The molecule has 106 valence electrons. The first-order valence-electron chi connectivity index (χ1n) is 6.39. The summed E-state index contributed by atoms with van der Waals surface area (Å²) in [6.45, 7) is 2.61. The third-order valence-electron chi connectivity index (χ3n) is 3.03. The number of hydrogen-bond acceptors (Lipinski definition) is 3. The molecule has 0 spiro atoms. The number of nitrogens with two attached hydrogens (primary N) is 1. The van der Waals surface area contributed by atoms with Gasteiger partial charge in [0.1, 0.15) is 0 Å². The number of carbonyl (C=O) groups is 1. The van der Waals surface area contributed by atoms with Gasteiger partial charge >= 0.3 is 0 Å². The van der Waals surface area contributed by atoms with Crippen LogP contribution in [0.3, 0.4) is 0 Å². The van der Waals surface area contributed by atoms with Crippen molar-refractivity contribution in [2.75, 3.05) is 12.3 Å². The maximum Gasteiger partial charge on any atom is 0.251 e. The minimum atomic E-state index is -0.109. The van der Waals surface area contributed by atoms with Crippen molar-refractivity contribution in [1.82, 2.24) is 15.5 Å². The first kappa shape index (κ1) is 14.6. The molecule has 0 aliphatic heterocycles. The van der Waals surface area contributed by atoms with Gasteiger partial charge in [0.05, 0.1) is 6.20 Å². The molecule has 0 radical (unpaired) electrons. The average Bonchev–Trinajstić information content (AvgIpc) is 2.79. The molecule has 0 saturated carbocycles. The van der Waals surface area contributed by atoms with Gasteiger partial charge < -0.3 is 11.1 Å². The van der Waals surface area contributed by atoms with Crippen LogP contribution in [-0.4, -0.2) is 22.6 Å². The monoisotopic (exact) mass is 336 g/mol. The molecule has 0 fully saturated rings. The Bertz CT molecular complexity index is 589. The van der Waals surface area contributed by atoms with Crippen LogP contribution in [0.2, 0.25) is 0 Å². The molecule has 0 unspecified atom stereocenters. The Balaban J connectivity index is 1.82. The quantitative estimate of drug-likeness (QED) is 0.579. The Hall–Kier alpha value is -1.82. The number of aromatic amines is 1. The summed E-state index contributed by atoms with van der Waals surface area (Å²) in [5.41, 5.74) is 9.11. The van der Waals surface area contributed by atoms with Gasteiger partial charge in [0, 0.05) is 28.0 Å². The van der Waals surface area contributed by atoms with E-state index < -0.39 is 0 Å². The van der Waals surface area contributed by atoms with Crippen LogP contribution in [0.25, 0.3) is 0 Å². The van der Waals surface area contributed by atoms with Gasteiger partial charge in [-0.2, -0.15) is 5.10 Å². The predicted octanol–water partition coefficient (Wildman–Crippen LogP) is 2.43. The molecule has 5 nitrogen and oxygen atoms in total. The molecule has 1 amide bonds. The summed E-state index contributed by atoms with van der Waals surface area (Å²) in [6, 6.07) is 5.19. The number of amides is 1. The third kappa shape index (κ3) is 3.84. The molecular weight excluding hydrogens is 320 g/mol. The highest BCUT2D eigenvalue weighted by Crippen LogP contribution is 2.17. The fourth-order valence-electron chi connectivity index (χ4n) is 1.95. The third-order valence-corrected chi connectivity index (χ3v) is 3.48. The fourth-order valence-corrected chi connectivity index (χ4v) is 2.46. The number of rotatable bonds is 5. The van der Waals surface area contributed by atoms with Gasteiger partial charge in [0.25, 0.3) is 5.91 Å². The number of anilines is 1. The number of nitrogens with one attached hydrogen (secondary N) is 2. The van der Waals surface area contributed by atoms with Gasteiger partial charge in [-0.3, -0.25) is 9.89 Å². The van der Waals surface area contributed by atoms with Crippen LogP contribution in [0.1, 0.15) is 28.0 Å². The Kier molecular flexibility index (Phi) is 4.79. The standard InChI is InChI=1S/C14H17BrN4O/c1-9-10(8-18-19-9)3-2-4-17-14(20)11-5-12(15)7-13(16)6-11/h5-8H,2-4,16H2,1H3,(H,17,20)(H,18,19). The van der Waals surface area contributed by atoms with Gasteiger partial charge in [-0.05, 0) is 43.5 Å². The highest BCUT2D eigenvalue weighted by atomic mass is 79.9. The molecule has 1 aromatic heterocycles. The normalized spacial score (nSPS) is 10.5. The molecule has 6 heteroatoms. The highest BCUT2D eigenvalue weighted by Gasteiger charge is 2.07. The number of aryl methyl sites for hydroxylation is 2. The Morgan fingerprint density at radius 3 is 2.90 bits per heavy atom. The molecule has 0 atom stereocenters. The van der Waals surface area contributed by atoms with E-state index in [-0.39, 0.29) is 5.91 Å². The van der Waals surface area contributed by atoms with Crippen LogP contribution in [0, 0.1) is 6.92 Å². The number of hydrogen-bond donors (Lipinski definition) is 3. The summed E-state index contributed by atoms with van der Waals surface area (Å²) >= 11 is 3.33. The van der Waals surface area contributed by atoms with Gasteiger partial charge in [-0.15, -0.1) is 0 Å². The first-order chi connectivity index (χ1) is 9.56. The molecule has 1 heterocycles. The summed E-state index contributed by atoms with van der Waals surface area (Å²) < 4.78 is 0.802. The summed E-state index contributed by atoms with van der Waals surface area (Å²) in [5, 5.41) is 9.76. The largest absolute Gasteiger partial charge is 0.399 e. The van der Waals surface area contributed by atoms with Crippen LogP contribution in [0.5, 0.6) is 0 Å². The second kappa shape index (κ2) is 6.56. The Morgan fingerprint density at radius 2 is 2.25 bits per heavy atom. The number of nitrogens with zero attached hydrogens (tertiary/aromatic N) is 1. The summed E-state index contributed by atoms with van der Waals surface area (Å²) in [5.74, 6) is -0.109. The Morgan fingerprint density at radius 1 is 1.45 bits per heavy atom. The molecule has 1 aromatic carbocycles. The molecule has 0 aliphatic rings. The van der Waals surface area contributed by atoms with Crippen LogP contribution < -0.4 is 11.1 Å². The SMILES string of the molecule is Cc1[nH]ncc1CCCNC(=O)c1cc(N)cc(Br)c1. The zero-order chi connectivity index (χ0) is 14.5. The van der Waals surface area contributed by atoms with E-state index in [1.807, 2.05) is 13.1 Å². The summed E-state index contributed by atoms with van der Waals surface area (Å²) in [6.07, 6.45) is 3.59. The molecule has 0 saturated heterocycles. The first-order valence-corrected chi connectivity index (χ1v) is 7.18. The van der Waals surface area contributed by atoms with Crippen LogP contribution in [0.15, 0.2) is 28.9 Å². The van der Waals surface area contributed by atoms with Gasteiger partial charge in [-0.1, -0.05) is 15.9 Å². The van der Waals surface area contributed by atoms with Crippen molar-refractivity contribution >= 4 is 27.5 Å². The van der Waals surface area contributed by atoms with Gasteiger partial charge in [0.15, 0.2) is 0 Å². The molecule has 20 heavy (non-hydrogen) atoms. The maximum atomic E-state index is 12.0. The molecule has 2 aromatic rings. The van der Waals surface area contributed by atoms with Crippen molar-refractivity contribution in [1.29, 1.82) is 0 Å². The van der Waals surface area contributed by atoms with Gasteiger partial charge in [-0.25, -0.2) is 0 Å². The lowest BCUT2D eigenvalue weighted by Gasteiger charge is -2.06. The Labute approximate surface area is 126 Å². The number of carbonyl (C=O) groups excluding carboxylic acids is 1. The minimum absolute atomic E-state index is 0.109. The van der Waals surface area contributed by atoms with E-state index in [0.29, 0.717) is 17.8 Å². The second-order valence-corrected chi connectivity index (χ2v) is 5.57. The molecule has 4 N–H and O–H groups in total. The smallest absolute Gasteiger partial charge is 0.251 e. The van der Waals surface area contributed by atoms with Crippen molar-refractivity contribution in [2.45, 2.75) is 19.8 Å². The van der Waals surface area contributed by atoms with Crippen molar-refractivity contribution in [3.63, 3.8) is 0 Å². The number of benzene rings is 1. The molecule has 2 rings (SSSR count). The van der Waals surface area contributed by atoms with Crippen LogP contribution >= 0.6 is 15.9 Å². The minimum Gasteiger partial charge on any atom is -0.399 e. The van der Waals surface area contributed by atoms with Crippen LogP contribution in [-0.2, 0) is 6.42 Å². The molecule has 0 aliphatic carbocycles. The van der Waals surface area contributed by atoms with Crippen molar-refractivity contribution < 1.29 is 4.79 Å². The lowest BCUT2D eigenvalue weighted by atomic mass is 10.1. The lowest BCUT2D eigenvalue weighted by molar-refractivity contribution is 0.0953. The average molecular weight is 337 g/mol. The zero-order valence-corrected chi connectivity index (χ0v) is 12.8. The predicted molar refractivity (Wildman–Crippen MR) is 82.5 cm³/mol. The molecule has 0 bridgehead atoms. The van der Waals surface area contributed by atoms with Crippen molar-refractivity contribution in [3.05, 3.63) is 45.7 Å². The van der Waals surface area contributed by atoms with E-state index in [2.05, 4.69) is 31.4 Å². The van der Waals surface area contributed by atoms with Crippen LogP contribution in [0.4, 0.5) is 5.69 Å². The number of halogens is 1. The van der Waals surface area contributed by atoms with E-state index >= 15 is 0 Å². The van der Waals surface area contributed by atoms with E-state index in [4.69, 9.17) is 5.73 Å².